The second-order valence-corrected chi connectivity index (χ2v) is 8.67. The molecule has 1 fully saturated rings. The van der Waals surface area contributed by atoms with Crippen molar-refractivity contribution in [1.29, 1.82) is 0 Å². The molecule has 0 atom stereocenters. The monoisotopic (exact) mass is 441 g/mol. The lowest BCUT2D eigenvalue weighted by molar-refractivity contribution is -0.571. The summed E-state index contributed by atoms with van der Waals surface area (Å²) in [6.07, 6.45) is 3.08. The highest BCUT2D eigenvalue weighted by molar-refractivity contribution is 5.16. The lowest BCUT2D eigenvalue weighted by atomic mass is 9.91. The van der Waals surface area contributed by atoms with Crippen molar-refractivity contribution in [3.05, 3.63) is 81.9 Å². The first kappa shape index (κ1) is 24.3. The summed E-state index contributed by atoms with van der Waals surface area (Å²) >= 11 is 0. The Balaban J connectivity index is 1.73. The minimum Gasteiger partial charge on any atom is -0.291 e. The molecule has 2 aromatic carbocycles. The molecule has 0 radical (unpaired) electrons. The fourth-order valence-electron chi connectivity index (χ4n) is 4.52. The summed E-state index contributed by atoms with van der Waals surface area (Å²) < 4.78 is 0. The van der Waals surface area contributed by atoms with Gasteiger partial charge in [-0.05, 0) is 24.0 Å². The zero-order chi connectivity index (χ0) is 22.7. The van der Waals surface area contributed by atoms with Crippen LogP contribution in [-0.4, -0.2) is 60.2 Å². The molecule has 0 aromatic heterocycles. The van der Waals surface area contributed by atoms with Gasteiger partial charge >= 0.3 is 0 Å². The van der Waals surface area contributed by atoms with Gasteiger partial charge in [-0.3, -0.25) is 19.9 Å². The average Bonchev–Trinajstić information content (AvgIpc) is 2.97. The van der Waals surface area contributed by atoms with Gasteiger partial charge in [-0.1, -0.05) is 67.1 Å². The fraction of sp³-hybridized carbons (Fsp3) is 0.520. The summed E-state index contributed by atoms with van der Waals surface area (Å²) in [5.41, 5.74) is 1.40. The van der Waals surface area contributed by atoms with Crippen molar-refractivity contribution < 1.29 is 14.7 Å². The van der Waals surface area contributed by atoms with Crippen LogP contribution in [-0.2, 0) is 22.9 Å². The Morgan fingerprint density at radius 2 is 1.41 bits per heavy atom. The van der Waals surface area contributed by atoms with Gasteiger partial charge in [-0.2, -0.15) is 0 Å². The molecule has 0 spiro atoms. The fourth-order valence-corrected chi connectivity index (χ4v) is 4.52. The second kappa shape index (κ2) is 12.6. The van der Waals surface area contributed by atoms with E-state index in [1.807, 2.05) is 36.4 Å². The number of nitro groups is 1. The van der Waals surface area contributed by atoms with Crippen LogP contribution >= 0.6 is 0 Å². The van der Waals surface area contributed by atoms with Crippen LogP contribution in [0.1, 0.15) is 36.8 Å². The molecule has 1 heterocycles. The molecule has 0 aliphatic carbocycles. The molecule has 0 saturated carbocycles. The predicted molar refractivity (Wildman–Crippen MR) is 125 cm³/mol. The minimum absolute atomic E-state index is 0.0139. The maximum Gasteiger partial charge on any atom is 0.247 e. The van der Waals surface area contributed by atoms with Crippen LogP contribution in [0.4, 0.5) is 0 Å². The molecule has 2 aromatic rings. The number of hydrogen-bond donors (Lipinski definition) is 0. The Hall–Kier alpha value is -2.32. The molecule has 1 aliphatic rings. The molecule has 1 saturated heterocycles. The van der Waals surface area contributed by atoms with Gasteiger partial charge in [-0.15, -0.1) is 0 Å². The minimum atomic E-state index is -0.984. The highest BCUT2D eigenvalue weighted by Crippen LogP contribution is 2.27. The van der Waals surface area contributed by atoms with Crippen LogP contribution in [0.2, 0.25) is 0 Å². The normalized spacial score (nSPS) is 17.2. The molecule has 0 amide bonds. The van der Waals surface area contributed by atoms with Gasteiger partial charge in [0.2, 0.25) is 5.54 Å². The third-order valence-electron chi connectivity index (χ3n) is 6.14. The predicted octanol–water partition coefficient (Wildman–Crippen LogP) is 4.16. The maximum absolute atomic E-state index is 12.5. The van der Waals surface area contributed by atoms with E-state index < -0.39 is 5.54 Å². The number of unbranched alkanes of at least 4 members (excludes halogenated alkanes) is 2. The lowest BCUT2D eigenvalue weighted by Crippen LogP contribution is -2.52. The molecule has 0 N–H and O–H groups in total. The second-order valence-electron chi connectivity index (χ2n) is 8.67. The number of rotatable bonds is 12. The van der Waals surface area contributed by atoms with E-state index in [4.69, 9.17) is 4.89 Å². The van der Waals surface area contributed by atoms with E-state index >= 15 is 0 Å². The first-order valence-electron chi connectivity index (χ1n) is 11.4. The molecular formula is C25H35N3O4. The Morgan fingerprint density at radius 3 is 1.88 bits per heavy atom. The summed E-state index contributed by atoms with van der Waals surface area (Å²) in [4.78, 5) is 26.6. The molecular weight excluding hydrogens is 406 g/mol. The van der Waals surface area contributed by atoms with Gasteiger partial charge in [0.05, 0.1) is 26.8 Å². The highest BCUT2D eigenvalue weighted by atomic mass is 17.2. The van der Waals surface area contributed by atoms with Crippen LogP contribution in [0.25, 0.3) is 0 Å². The van der Waals surface area contributed by atoms with Crippen molar-refractivity contribution in [3.63, 3.8) is 0 Å². The summed E-state index contributed by atoms with van der Waals surface area (Å²) in [5.74, 6) is 0. The summed E-state index contributed by atoms with van der Waals surface area (Å²) in [6, 6.07) is 20.5. The van der Waals surface area contributed by atoms with E-state index in [0.717, 1.165) is 45.4 Å². The molecule has 174 valence electrons. The largest absolute Gasteiger partial charge is 0.291 e. The average molecular weight is 442 g/mol. The molecule has 0 unspecified atom stereocenters. The molecule has 7 nitrogen and oxygen atoms in total. The van der Waals surface area contributed by atoms with E-state index in [0.29, 0.717) is 26.1 Å². The summed E-state index contributed by atoms with van der Waals surface area (Å²) in [7, 11) is 1.50. The molecule has 1 aliphatic heterocycles. The van der Waals surface area contributed by atoms with Gasteiger partial charge < -0.3 is 0 Å². The van der Waals surface area contributed by atoms with E-state index in [2.05, 4.69) is 39.0 Å². The van der Waals surface area contributed by atoms with Crippen molar-refractivity contribution in [2.24, 2.45) is 0 Å². The van der Waals surface area contributed by atoms with E-state index in [9.17, 15) is 10.1 Å². The number of benzene rings is 2. The maximum atomic E-state index is 12.5. The van der Waals surface area contributed by atoms with Gasteiger partial charge in [-0.25, -0.2) is 9.78 Å². The smallest absolute Gasteiger partial charge is 0.247 e. The number of hydrogen-bond acceptors (Lipinski definition) is 6. The first-order chi connectivity index (χ1) is 15.6. The first-order valence-corrected chi connectivity index (χ1v) is 11.4. The Kier molecular flexibility index (Phi) is 9.62. The van der Waals surface area contributed by atoms with Crippen LogP contribution < -0.4 is 0 Å². The van der Waals surface area contributed by atoms with Crippen molar-refractivity contribution >= 4 is 0 Å². The quantitative estimate of drug-likeness (QED) is 0.213. The van der Waals surface area contributed by atoms with Crippen LogP contribution in [0.15, 0.2) is 60.7 Å². The SMILES string of the molecule is COOCCCCCC1([N+](=O)[O-])CN(Cc2ccccc2)CCN(Cc2ccccc2)C1. The zero-order valence-electron chi connectivity index (χ0n) is 19.0. The Bertz CT molecular complexity index is 752. The van der Waals surface area contributed by atoms with Gasteiger partial charge in [0.25, 0.3) is 0 Å². The molecule has 3 rings (SSSR count). The molecule has 32 heavy (non-hydrogen) atoms. The van der Waals surface area contributed by atoms with Crippen molar-refractivity contribution in [2.75, 3.05) is 39.9 Å². The van der Waals surface area contributed by atoms with Crippen molar-refractivity contribution in [3.8, 4) is 0 Å². The summed E-state index contributed by atoms with van der Waals surface area (Å²) in [6.45, 7) is 4.55. The molecule has 0 bridgehead atoms. The van der Waals surface area contributed by atoms with Gasteiger partial charge in [0, 0.05) is 37.5 Å². The summed E-state index contributed by atoms with van der Waals surface area (Å²) in [5, 5.41) is 12.5. The van der Waals surface area contributed by atoms with Gasteiger partial charge in [0.1, 0.15) is 0 Å². The van der Waals surface area contributed by atoms with E-state index in [1.54, 1.807) is 0 Å². The third kappa shape index (κ3) is 7.38. The van der Waals surface area contributed by atoms with Crippen LogP contribution in [0.5, 0.6) is 0 Å². The Morgan fingerprint density at radius 1 is 0.875 bits per heavy atom. The van der Waals surface area contributed by atoms with E-state index in [1.165, 1.54) is 18.2 Å². The van der Waals surface area contributed by atoms with E-state index in [-0.39, 0.29) is 4.92 Å². The lowest BCUT2D eigenvalue weighted by Gasteiger charge is -2.30. The standard InChI is InChI=1S/C25H35N3O4/c1-31-32-18-10-4-9-15-25(28(29)30)21-26(19-23-11-5-2-6-12-23)16-17-27(22-25)20-24-13-7-3-8-14-24/h2-3,5-8,11-14H,4,9-10,15-22H2,1H3. The topological polar surface area (TPSA) is 68.1 Å². The number of nitrogens with zero attached hydrogens (tertiary/aromatic N) is 3. The van der Waals surface area contributed by atoms with Crippen molar-refractivity contribution in [2.45, 2.75) is 44.3 Å². The van der Waals surface area contributed by atoms with Gasteiger partial charge in [0.15, 0.2) is 0 Å². The third-order valence-corrected chi connectivity index (χ3v) is 6.14. The molecule has 7 heteroatoms. The highest BCUT2D eigenvalue weighted by Gasteiger charge is 2.46. The van der Waals surface area contributed by atoms with Crippen molar-refractivity contribution in [1.82, 2.24) is 9.80 Å². The zero-order valence-corrected chi connectivity index (χ0v) is 19.0. The Labute approximate surface area is 191 Å². The van der Waals surface area contributed by atoms with Crippen LogP contribution in [0, 0.1) is 10.1 Å². The van der Waals surface area contributed by atoms with Crippen LogP contribution in [0.3, 0.4) is 0 Å².